The zero-order valence-electron chi connectivity index (χ0n) is 14.2. The molecule has 0 aliphatic carbocycles. The molecule has 0 radical (unpaired) electrons. The van der Waals surface area contributed by atoms with Crippen LogP contribution in [-0.4, -0.2) is 31.3 Å². The Morgan fingerprint density at radius 2 is 1.73 bits per heavy atom. The van der Waals surface area contributed by atoms with Gasteiger partial charge in [0.1, 0.15) is 0 Å². The second kappa shape index (κ2) is 7.58. The maximum Gasteiger partial charge on any atom is 0.255 e. The second-order valence-electron chi connectivity index (χ2n) is 5.93. The number of nitrogens with zero attached hydrogens (tertiary/aromatic N) is 1. The Bertz CT molecular complexity index is 865. The van der Waals surface area contributed by atoms with Gasteiger partial charge in [-0.15, -0.1) is 0 Å². The lowest BCUT2D eigenvalue weighted by Gasteiger charge is -2.18. The number of carbonyl (C=O) groups excluding carboxylic acids is 3. The number of halogens is 1. The summed E-state index contributed by atoms with van der Waals surface area (Å²) in [6.07, 6.45) is 1.27. The van der Waals surface area contributed by atoms with Crippen molar-refractivity contribution in [2.24, 2.45) is 0 Å². The monoisotopic (exact) mass is 371 g/mol. The highest BCUT2D eigenvalue weighted by molar-refractivity contribution is 6.34. The zero-order valence-corrected chi connectivity index (χ0v) is 15.0. The average Bonchev–Trinajstić information content (AvgIpc) is 3.07. The van der Waals surface area contributed by atoms with Gasteiger partial charge in [-0.2, -0.15) is 0 Å². The first kappa shape index (κ1) is 17.9. The maximum absolute atomic E-state index is 12.5. The molecule has 1 saturated heterocycles. The van der Waals surface area contributed by atoms with Crippen LogP contribution in [0.3, 0.4) is 0 Å². The molecule has 0 bridgehead atoms. The van der Waals surface area contributed by atoms with Crippen LogP contribution < -0.4 is 15.5 Å². The number of hydrogen-bond acceptors (Lipinski definition) is 3. The molecule has 2 aromatic rings. The molecule has 1 fully saturated rings. The predicted octanol–water partition coefficient (Wildman–Crippen LogP) is 3.08. The Morgan fingerprint density at radius 1 is 1.04 bits per heavy atom. The first-order valence-electron chi connectivity index (χ1n) is 8.23. The van der Waals surface area contributed by atoms with Gasteiger partial charge in [0.2, 0.25) is 5.91 Å². The molecule has 6 nitrogen and oxygen atoms in total. The van der Waals surface area contributed by atoms with Crippen LogP contribution in [-0.2, 0) is 4.79 Å². The SMILES string of the molecule is CNC(=O)c1ccc(NC(=O)c2ccc(Cl)c(N3CCCC3=O)c2)cc1. The minimum Gasteiger partial charge on any atom is -0.355 e. The van der Waals surface area contributed by atoms with Gasteiger partial charge in [0.05, 0.1) is 10.7 Å². The Morgan fingerprint density at radius 3 is 2.35 bits per heavy atom. The molecule has 0 saturated carbocycles. The van der Waals surface area contributed by atoms with Crippen LogP contribution in [0.1, 0.15) is 33.6 Å². The number of carbonyl (C=O) groups is 3. The Hall–Kier alpha value is -2.86. The summed E-state index contributed by atoms with van der Waals surface area (Å²) in [4.78, 5) is 37.6. The van der Waals surface area contributed by atoms with Crippen molar-refractivity contribution in [3.05, 3.63) is 58.6 Å². The molecule has 1 aliphatic heterocycles. The molecule has 0 unspecified atom stereocenters. The molecule has 2 N–H and O–H groups in total. The van der Waals surface area contributed by atoms with Crippen LogP contribution in [0.25, 0.3) is 0 Å². The summed E-state index contributed by atoms with van der Waals surface area (Å²) in [5, 5.41) is 5.75. The van der Waals surface area contributed by atoms with E-state index < -0.39 is 0 Å². The first-order chi connectivity index (χ1) is 12.5. The van der Waals surface area contributed by atoms with Gasteiger partial charge in [0.25, 0.3) is 11.8 Å². The van der Waals surface area contributed by atoms with Gasteiger partial charge >= 0.3 is 0 Å². The molecular weight excluding hydrogens is 354 g/mol. The standard InChI is InChI=1S/C19H18ClN3O3/c1-21-18(25)12-4-7-14(8-5-12)22-19(26)13-6-9-15(20)16(11-13)23-10-2-3-17(23)24/h4-9,11H,2-3,10H2,1H3,(H,21,25)(H,22,26). The molecule has 0 aromatic heterocycles. The number of amides is 3. The molecule has 2 aromatic carbocycles. The quantitative estimate of drug-likeness (QED) is 0.866. The summed E-state index contributed by atoms with van der Waals surface area (Å²) >= 11 is 6.20. The largest absolute Gasteiger partial charge is 0.355 e. The van der Waals surface area contributed by atoms with E-state index in [9.17, 15) is 14.4 Å². The summed E-state index contributed by atoms with van der Waals surface area (Å²) in [7, 11) is 1.56. The van der Waals surface area contributed by atoms with E-state index in [1.165, 1.54) is 0 Å². The van der Waals surface area contributed by atoms with Crippen LogP contribution in [0.5, 0.6) is 0 Å². The first-order valence-corrected chi connectivity index (χ1v) is 8.61. The van der Waals surface area contributed by atoms with E-state index >= 15 is 0 Å². The van der Waals surface area contributed by atoms with Crippen molar-refractivity contribution < 1.29 is 14.4 Å². The number of nitrogens with one attached hydrogen (secondary N) is 2. The van der Waals surface area contributed by atoms with E-state index in [-0.39, 0.29) is 17.7 Å². The molecule has 1 heterocycles. The maximum atomic E-state index is 12.5. The average molecular weight is 372 g/mol. The van der Waals surface area contributed by atoms with E-state index in [2.05, 4.69) is 10.6 Å². The lowest BCUT2D eigenvalue weighted by Crippen LogP contribution is -2.24. The van der Waals surface area contributed by atoms with Crippen LogP contribution in [0.15, 0.2) is 42.5 Å². The van der Waals surface area contributed by atoms with Gasteiger partial charge < -0.3 is 15.5 Å². The molecule has 134 valence electrons. The minimum absolute atomic E-state index is 0.00856. The molecule has 7 heteroatoms. The fraction of sp³-hybridized carbons (Fsp3) is 0.211. The van der Waals surface area contributed by atoms with Gasteiger partial charge in [-0.3, -0.25) is 14.4 Å². The lowest BCUT2D eigenvalue weighted by atomic mass is 10.1. The molecule has 0 atom stereocenters. The second-order valence-corrected chi connectivity index (χ2v) is 6.33. The Kier molecular flexibility index (Phi) is 5.23. The molecular formula is C19H18ClN3O3. The van der Waals surface area contributed by atoms with E-state index in [1.807, 2.05) is 0 Å². The van der Waals surface area contributed by atoms with Gasteiger partial charge in [-0.05, 0) is 48.9 Å². The van der Waals surface area contributed by atoms with E-state index in [0.717, 1.165) is 6.42 Å². The summed E-state index contributed by atoms with van der Waals surface area (Å²) < 4.78 is 0. The fourth-order valence-corrected chi connectivity index (χ4v) is 3.04. The van der Waals surface area contributed by atoms with Gasteiger partial charge in [-0.1, -0.05) is 11.6 Å². The predicted molar refractivity (Wildman–Crippen MR) is 101 cm³/mol. The van der Waals surface area contributed by atoms with Gasteiger partial charge in [0.15, 0.2) is 0 Å². The van der Waals surface area contributed by atoms with Crippen molar-refractivity contribution in [2.45, 2.75) is 12.8 Å². The van der Waals surface area contributed by atoms with Gasteiger partial charge in [0, 0.05) is 36.8 Å². The van der Waals surface area contributed by atoms with Crippen LogP contribution >= 0.6 is 11.6 Å². The van der Waals surface area contributed by atoms with Crippen LogP contribution in [0, 0.1) is 0 Å². The topological polar surface area (TPSA) is 78.5 Å². The van der Waals surface area contributed by atoms with Crippen LogP contribution in [0.4, 0.5) is 11.4 Å². The van der Waals surface area contributed by atoms with Crippen molar-refractivity contribution in [3.63, 3.8) is 0 Å². The van der Waals surface area contributed by atoms with Crippen molar-refractivity contribution in [2.75, 3.05) is 23.8 Å². The lowest BCUT2D eigenvalue weighted by molar-refractivity contribution is -0.117. The highest BCUT2D eigenvalue weighted by Gasteiger charge is 2.24. The third-order valence-electron chi connectivity index (χ3n) is 4.20. The third-order valence-corrected chi connectivity index (χ3v) is 4.52. The van der Waals surface area contributed by atoms with Crippen molar-refractivity contribution in [1.29, 1.82) is 0 Å². The Labute approximate surface area is 156 Å². The van der Waals surface area contributed by atoms with Crippen molar-refractivity contribution in [1.82, 2.24) is 5.32 Å². The third kappa shape index (κ3) is 3.70. The fourth-order valence-electron chi connectivity index (χ4n) is 2.82. The number of benzene rings is 2. The van der Waals surface area contributed by atoms with Crippen molar-refractivity contribution in [3.8, 4) is 0 Å². The summed E-state index contributed by atoms with van der Waals surface area (Å²) in [5.41, 5.74) is 2.03. The normalized spacial score (nSPS) is 13.6. The molecule has 3 amide bonds. The number of anilines is 2. The van der Waals surface area contributed by atoms with Gasteiger partial charge in [-0.25, -0.2) is 0 Å². The highest BCUT2D eigenvalue weighted by atomic mass is 35.5. The molecule has 3 rings (SSSR count). The smallest absolute Gasteiger partial charge is 0.255 e. The zero-order chi connectivity index (χ0) is 18.7. The Balaban J connectivity index is 1.77. The number of hydrogen-bond donors (Lipinski definition) is 2. The highest BCUT2D eigenvalue weighted by Crippen LogP contribution is 2.30. The van der Waals surface area contributed by atoms with Crippen LogP contribution in [0.2, 0.25) is 5.02 Å². The molecule has 1 aliphatic rings. The molecule has 26 heavy (non-hydrogen) atoms. The summed E-state index contributed by atoms with van der Waals surface area (Å²) in [6, 6.07) is 11.4. The van der Waals surface area contributed by atoms with E-state index in [4.69, 9.17) is 11.6 Å². The number of rotatable bonds is 4. The molecule has 0 spiro atoms. The minimum atomic E-state index is -0.317. The van der Waals surface area contributed by atoms with E-state index in [0.29, 0.717) is 40.5 Å². The summed E-state index contributed by atoms with van der Waals surface area (Å²) in [6.45, 7) is 0.602. The summed E-state index contributed by atoms with van der Waals surface area (Å²) in [5.74, 6) is -0.503. The van der Waals surface area contributed by atoms with E-state index in [1.54, 1.807) is 54.4 Å². The van der Waals surface area contributed by atoms with Crippen molar-refractivity contribution >= 4 is 40.7 Å².